The van der Waals surface area contributed by atoms with Crippen molar-refractivity contribution >= 4 is 0 Å². The van der Waals surface area contributed by atoms with Crippen LogP contribution in [0, 0.1) is 0 Å². The lowest BCUT2D eigenvalue weighted by Crippen LogP contribution is -2.51. The van der Waals surface area contributed by atoms with E-state index >= 15 is 0 Å². The third-order valence-electron chi connectivity index (χ3n) is 2.47. The average molecular weight is 174 g/mol. The van der Waals surface area contributed by atoms with Crippen molar-refractivity contribution in [1.82, 2.24) is 10.2 Å². The number of piperazine rings is 1. The summed E-state index contributed by atoms with van der Waals surface area (Å²) in [5.41, 5.74) is 0. The van der Waals surface area contributed by atoms with Gasteiger partial charge in [0.1, 0.15) is 0 Å². The third-order valence-corrected chi connectivity index (χ3v) is 2.47. The minimum atomic E-state index is -0.608. The molecule has 3 N–H and O–H groups in total. The molecule has 2 unspecified atom stereocenters. The minimum absolute atomic E-state index is 0.0668. The molecule has 0 aromatic carbocycles. The Morgan fingerprint density at radius 2 is 2.00 bits per heavy atom. The molecule has 1 rings (SSSR count). The van der Waals surface area contributed by atoms with Gasteiger partial charge in [-0.2, -0.15) is 0 Å². The van der Waals surface area contributed by atoms with Crippen molar-refractivity contribution in [2.45, 2.75) is 19.1 Å². The second-order valence-corrected chi connectivity index (χ2v) is 3.28. The lowest BCUT2D eigenvalue weighted by Gasteiger charge is -2.34. The van der Waals surface area contributed by atoms with E-state index in [0.717, 1.165) is 26.2 Å². The van der Waals surface area contributed by atoms with E-state index in [-0.39, 0.29) is 12.6 Å². The molecule has 1 aliphatic heterocycles. The summed E-state index contributed by atoms with van der Waals surface area (Å²) in [6, 6.07) is 0.0668. The van der Waals surface area contributed by atoms with E-state index in [9.17, 15) is 5.11 Å². The second-order valence-electron chi connectivity index (χ2n) is 3.28. The fraction of sp³-hybridized carbons (Fsp3) is 1.00. The molecular formula is C8H18N2O2. The zero-order valence-electron chi connectivity index (χ0n) is 7.53. The second kappa shape index (κ2) is 4.77. The van der Waals surface area contributed by atoms with E-state index in [1.165, 1.54) is 0 Å². The molecule has 1 heterocycles. The number of nitrogens with one attached hydrogen (secondary N) is 1. The van der Waals surface area contributed by atoms with E-state index in [1.807, 2.05) is 6.92 Å². The zero-order valence-corrected chi connectivity index (χ0v) is 7.53. The van der Waals surface area contributed by atoms with Crippen LogP contribution >= 0.6 is 0 Å². The van der Waals surface area contributed by atoms with E-state index < -0.39 is 6.10 Å². The van der Waals surface area contributed by atoms with Crippen molar-refractivity contribution < 1.29 is 10.2 Å². The van der Waals surface area contributed by atoms with Crippen LogP contribution in [0.5, 0.6) is 0 Å². The number of aliphatic hydroxyl groups excluding tert-OH is 2. The van der Waals surface area contributed by atoms with Gasteiger partial charge in [0, 0.05) is 32.2 Å². The molecule has 0 bridgehead atoms. The summed E-state index contributed by atoms with van der Waals surface area (Å²) < 4.78 is 0. The van der Waals surface area contributed by atoms with Gasteiger partial charge in [0.25, 0.3) is 0 Å². The molecule has 0 radical (unpaired) electrons. The fourth-order valence-electron chi connectivity index (χ4n) is 1.49. The summed E-state index contributed by atoms with van der Waals surface area (Å²) >= 11 is 0. The van der Waals surface area contributed by atoms with Gasteiger partial charge in [-0.1, -0.05) is 0 Å². The molecule has 0 aliphatic carbocycles. The lowest BCUT2D eigenvalue weighted by molar-refractivity contribution is 0.0141. The van der Waals surface area contributed by atoms with Crippen LogP contribution in [0.4, 0.5) is 0 Å². The number of rotatable bonds is 3. The Kier molecular flexibility index (Phi) is 3.94. The molecule has 1 aliphatic rings. The Hall–Kier alpha value is -0.160. The van der Waals surface area contributed by atoms with Gasteiger partial charge >= 0.3 is 0 Å². The van der Waals surface area contributed by atoms with E-state index in [0.29, 0.717) is 0 Å². The van der Waals surface area contributed by atoms with Gasteiger partial charge in [-0.3, -0.25) is 4.90 Å². The van der Waals surface area contributed by atoms with Crippen molar-refractivity contribution in [3.8, 4) is 0 Å². The molecule has 0 aromatic rings. The molecule has 2 atom stereocenters. The van der Waals surface area contributed by atoms with Gasteiger partial charge in [0.2, 0.25) is 0 Å². The first kappa shape index (κ1) is 9.92. The monoisotopic (exact) mass is 174 g/mol. The predicted molar refractivity (Wildman–Crippen MR) is 47.0 cm³/mol. The Labute approximate surface area is 73.2 Å². The molecule has 0 amide bonds. The Bertz CT molecular complexity index is 126. The van der Waals surface area contributed by atoms with Gasteiger partial charge in [0.15, 0.2) is 0 Å². The van der Waals surface area contributed by atoms with Gasteiger partial charge < -0.3 is 15.5 Å². The van der Waals surface area contributed by atoms with E-state index in [1.54, 1.807) is 0 Å². The van der Waals surface area contributed by atoms with Crippen molar-refractivity contribution in [1.29, 1.82) is 0 Å². The van der Waals surface area contributed by atoms with Crippen LogP contribution in [0.15, 0.2) is 0 Å². The van der Waals surface area contributed by atoms with Crippen LogP contribution < -0.4 is 5.32 Å². The maximum Gasteiger partial charge on any atom is 0.0922 e. The Balaban J connectivity index is 2.33. The number of hydrogen-bond donors (Lipinski definition) is 3. The molecular weight excluding hydrogens is 156 g/mol. The van der Waals surface area contributed by atoms with Gasteiger partial charge in [-0.05, 0) is 6.92 Å². The normalized spacial score (nSPS) is 25.2. The zero-order chi connectivity index (χ0) is 8.97. The summed E-state index contributed by atoms with van der Waals surface area (Å²) in [5.74, 6) is 0. The molecule has 0 saturated carbocycles. The van der Waals surface area contributed by atoms with E-state index in [2.05, 4.69) is 10.2 Å². The summed E-state index contributed by atoms with van der Waals surface area (Å²) in [4.78, 5) is 2.19. The minimum Gasteiger partial charge on any atom is -0.394 e. The van der Waals surface area contributed by atoms with Crippen LogP contribution in [0.3, 0.4) is 0 Å². The highest BCUT2D eigenvalue weighted by Gasteiger charge is 2.21. The molecule has 1 saturated heterocycles. The number of hydrogen-bond acceptors (Lipinski definition) is 4. The van der Waals surface area contributed by atoms with Gasteiger partial charge in [0.05, 0.1) is 12.7 Å². The van der Waals surface area contributed by atoms with Crippen molar-refractivity contribution in [2.75, 3.05) is 32.8 Å². The smallest absolute Gasteiger partial charge is 0.0922 e. The maximum atomic E-state index is 9.37. The Morgan fingerprint density at radius 3 is 2.50 bits per heavy atom. The van der Waals surface area contributed by atoms with Crippen LogP contribution in [-0.4, -0.2) is 60.0 Å². The van der Waals surface area contributed by atoms with Crippen LogP contribution in [0.25, 0.3) is 0 Å². The van der Waals surface area contributed by atoms with Crippen LogP contribution in [0.2, 0.25) is 0 Å². The van der Waals surface area contributed by atoms with Crippen molar-refractivity contribution in [2.24, 2.45) is 0 Å². The van der Waals surface area contributed by atoms with Gasteiger partial charge in [-0.25, -0.2) is 0 Å². The summed E-state index contributed by atoms with van der Waals surface area (Å²) in [6.45, 7) is 5.67. The summed E-state index contributed by atoms with van der Waals surface area (Å²) in [5, 5.41) is 21.4. The van der Waals surface area contributed by atoms with Crippen molar-refractivity contribution in [3.63, 3.8) is 0 Å². The lowest BCUT2D eigenvalue weighted by atomic mass is 10.1. The SMILES string of the molecule is CC(C(O)CO)N1CCNCC1. The Morgan fingerprint density at radius 1 is 1.42 bits per heavy atom. The summed E-state index contributed by atoms with van der Waals surface area (Å²) in [6.07, 6.45) is -0.608. The molecule has 4 nitrogen and oxygen atoms in total. The highest BCUT2D eigenvalue weighted by atomic mass is 16.3. The molecule has 12 heavy (non-hydrogen) atoms. The molecule has 4 heteroatoms. The molecule has 72 valence electrons. The standard InChI is InChI=1S/C8H18N2O2/c1-7(8(12)6-11)10-4-2-9-3-5-10/h7-9,11-12H,2-6H2,1H3. The van der Waals surface area contributed by atoms with E-state index in [4.69, 9.17) is 5.11 Å². The molecule has 1 fully saturated rings. The highest BCUT2D eigenvalue weighted by molar-refractivity contribution is 4.78. The van der Waals surface area contributed by atoms with Crippen LogP contribution in [0.1, 0.15) is 6.92 Å². The third kappa shape index (κ3) is 2.42. The molecule has 0 aromatic heterocycles. The van der Waals surface area contributed by atoms with Crippen LogP contribution in [-0.2, 0) is 0 Å². The largest absolute Gasteiger partial charge is 0.394 e. The topological polar surface area (TPSA) is 55.7 Å². The first-order valence-electron chi connectivity index (χ1n) is 4.49. The highest BCUT2D eigenvalue weighted by Crippen LogP contribution is 2.04. The quantitative estimate of drug-likeness (QED) is 0.494. The summed E-state index contributed by atoms with van der Waals surface area (Å²) in [7, 11) is 0. The molecule has 0 spiro atoms. The first-order valence-corrected chi connectivity index (χ1v) is 4.49. The fourth-order valence-corrected chi connectivity index (χ4v) is 1.49. The van der Waals surface area contributed by atoms with Gasteiger partial charge in [-0.15, -0.1) is 0 Å². The predicted octanol–water partition coefficient (Wildman–Crippen LogP) is -1.37. The number of nitrogens with zero attached hydrogens (tertiary/aromatic N) is 1. The van der Waals surface area contributed by atoms with Crippen molar-refractivity contribution in [3.05, 3.63) is 0 Å². The first-order chi connectivity index (χ1) is 5.75. The maximum absolute atomic E-state index is 9.37. The average Bonchev–Trinajstić information content (AvgIpc) is 2.17. The number of aliphatic hydroxyl groups is 2.